The van der Waals surface area contributed by atoms with Crippen LogP contribution in [0.1, 0.15) is 30.5 Å². The van der Waals surface area contributed by atoms with Crippen LogP contribution in [0, 0.1) is 5.92 Å². The first kappa shape index (κ1) is 16.2. The van der Waals surface area contributed by atoms with E-state index in [1.807, 2.05) is 0 Å². The Morgan fingerprint density at radius 1 is 1.35 bits per heavy atom. The molecular weight excluding hydrogens is 330 g/mol. The molecule has 0 saturated carbocycles. The van der Waals surface area contributed by atoms with Crippen molar-refractivity contribution in [3.63, 3.8) is 0 Å². The van der Waals surface area contributed by atoms with Crippen molar-refractivity contribution in [2.24, 2.45) is 5.92 Å². The summed E-state index contributed by atoms with van der Waals surface area (Å²) in [6.45, 7) is 4.92. The molecule has 0 spiro atoms. The molecule has 0 saturated heterocycles. The summed E-state index contributed by atoms with van der Waals surface area (Å²) < 4.78 is 1.46. The second-order valence-electron chi connectivity index (χ2n) is 5.78. The van der Waals surface area contributed by atoms with E-state index in [1.54, 1.807) is 35.7 Å². The van der Waals surface area contributed by atoms with Gasteiger partial charge in [-0.25, -0.2) is 4.98 Å². The van der Waals surface area contributed by atoms with Crippen molar-refractivity contribution in [1.29, 1.82) is 0 Å². The van der Waals surface area contributed by atoms with Gasteiger partial charge in [-0.15, -0.1) is 11.3 Å². The molecule has 3 rings (SSSR count). The van der Waals surface area contributed by atoms with Gasteiger partial charge in [0.15, 0.2) is 0 Å². The molecule has 0 bridgehead atoms. The molecule has 3 aromatic rings. The quantitative estimate of drug-likeness (QED) is 0.761. The van der Waals surface area contributed by atoms with Crippen LogP contribution >= 0.6 is 22.9 Å². The summed E-state index contributed by atoms with van der Waals surface area (Å²) in [7, 11) is 0. The molecule has 0 unspecified atom stereocenters. The molecule has 0 fully saturated rings. The van der Waals surface area contributed by atoms with Crippen LogP contribution < -0.4 is 10.9 Å². The SMILES string of the molecule is CC(C)[C@H](NCc1cc(=O)n2cc(Cl)ccc2n1)c1cccs1. The molecule has 0 radical (unpaired) electrons. The number of hydrogen-bond acceptors (Lipinski definition) is 4. The van der Waals surface area contributed by atoms with Crippen LogP contribution in [0.3, 0.4) is 0 Å². The van der Waals surface area contributed by atoms with Crippen LogP contribution in [-0.4, -0.2) is 9.38 Å². The number of thiophene rings is 1. The molecule has 3 heterocycles. The lowest BCUT2D eigenvalue weighted by Crippen LogP contribution is -2.26. The van der Waals surface area contributed by atoms with Crippen LogP contribution in [0.2, 0.25) is 5.02 Å². The van der Waals surface area contributed by atoms with Crippen molar-refractivity contribution in [1.82, 2.24) is 14.7 Å². The first-order valence-corrected chi connectivity index (χ1v) is 8.75. The molecule has 0 aliphatic carbocycles. The molecule has 4 nitrogen and oxygen atoms in total. The van der Waals surface area contributed by atoms with Gasteiger partial charge >= 0.3 is 0 Å². The van der Waals surface area contributed by atoms with Gasteiger partial charge < -0.3 is 5.32 Å². The maximum Gasteiger partial charge on any atom is 0.258 e. The van der Waals surface area contributed by atoms with Gasteiger partial charge in [-0.2, -0.15) is 0 Å². The average molecular weight is 348 g/mol. The summed E-state index contributed by atoms with van der Waals surface area (Å²) in [6, 6.07) is 9.49. The van der Waals surface area contributed by atoms with Gasteiger partial charge in [-0.1, -0.05) is 31.5 Å². The zero-order chi connectivity index (χ0) is 16.4. The van der Waals surface area contributed by atoms with E-state index in [-0.39, 0.29) is 11.6 Å². The zero-order valence-electron chi connectivity index (χ0n) is 13.0. The summed E-state index contributed by atoms with van der Waals surface area (Å²) in [5, 5.41) is 6.11. The first-order chi connectivity index (χ1) is 11.0. The predicted octanol–water partition coefficient (Wildman–Crippen LogP) is 3.90. The molecular formula is C17H18ClN3OS. The minimum Gasteiger partial charge on any atom is -0.303 e. The minimum atomic E-state index is -0.119. The Kier molecular flexibility index (Phi) is 4.80. The highest BCUT2D eigenvalue weighted by atomic mass is 35.5. The fraction of sp³-hybridized carbons (Fsp3) is 0.294. The van der Waals surface area contributed by atoms with E-state index < -0.39 is 0 Å². The van der Waals surface area contributed by atoms with Gasteiger partial charge in [0.25, 0.3) is 5.56 Å². The standard InChI is InChI=1S/C17H18ClN3OS/c1-11(2)17(14-4-3-7-23-14)19-9-13-8-16(22)21-10-12(18)5-6-15(21)20-13/h3-8,10-11,17,19H,9H2,1-2H3/t17-/m0/s1. The normalized spacial score (nSPS) is 12.9. The van der Waals surface area contributed by atoms with Crippen LogP contribution in [0.4, 0.5) is 0 Å². The predicted molar refractivity (Wildman–Crippen MR) is 95.2 cm³/mol. The van der Waals surface area contributed by atoms with E-state index in [1.165, 1.54) is 9.28 Å². The molecule has 120 valence electrons. The lowest BCUT2D eigenvalue weighted by molar-refractivity contribution is 0.414. The number of halogens is 1. The maximum atomic E-state index is 12.2. The van der Waals surface area contributed by atoms with Crippen molar-refractivity contribution >= 4 is 28.6 Å². The lowest BCUT2D eigenvalue weighted by Gasteiger charge is -2.21. The summed E-state index contributed by atoms with van der Waals surface area (Å²) in [4.78, 5) is 18.0. The minimum absolute atomic E-state index is 0.119. The van der Waals surface area contributed by atoms with E-state index in [2.05, 4.69) is 41.7 Å². The van der Waals surface area contributed by atoms with E-state index >= 15 is 0 Å². The average Bonchev–Trinajstić information content (AvgIpc) is 3.02. The summed E-state index contributed by atoms with van der Waals surface area (Å²) in [6.07, 6.45) is 1.59. The van der Waals surface area contributed by atoms with Crippen LogP contribution in [0.15, 0.2) is 46.7 Å². The van der Waals surface area contributed by atoms with Crippen molar-refractivity contribution in [2.75, 3.05) is 0 Å². The number of nitrogens with zero attached hydrogens (tertiary/aromatic N) is 2. The van der Waals surface area contributed by atoms with E-state index in [0.717, 1.165) is 5.69 Å². The van der Waals surface area contributed by atoms with Crippen molar-refractivity contribution < 1.29 is 0 Å². The number of fused-ring (bicyclic) bond motifs is 1. The van der Waals surface area contributed by atoms with Crippen LogP contribution in [0.25, 0.3) is 5.65 Å². The van der Waals surface area contributed by atoms with Gasteiger partial charge in [0.05, 0.1) is 10.7 Å². The Hall–Kier alpha value is -1.69. The fourth-order valence-electron chi connectivity index (χ4n) is 2.56. The van der Waals surface area contributed by atoms with E-state index in [0.29, 0.717) is 23.1 Å². The van der Waals surface area contributed by atoms with Crippen molar-refractivity contribution in [2.45, 2.75) is 26.4 Å². The first-order valence-electron chi connectivity index (χ1n) is 7.49. The Bertz CT molecular complexity index is 858. The number of rotatable bonds is 5. The van der Waals surface area contributed by atoms with Gasteiger partial charge in [0.1, 0.15) is 5.65 Å². The fourth-order valence-corrected chi connectivity index (χ4v) is 3.70. The number of aromatic nitrogens is 2. The smallest absolute Gasteiger partial charge is 0.258 e. The molecule has 0 aromatic carbocycles. The van der Waals surface area contributed by atoms with Gasteiger partial charge in [0.2, 0.25) is 0 Å². The molecule has 1 atom stereocenters. The molecule has 0 aliphatic rings. The van der Waals surface area contributed by atoms with Gasteiger partial charge in [-0.05, 0) is 29.5 Å². The molecule has 23 heavy (non-hydrogen) atoms. The highest BCUT2D eigenvalue weighted by Crippen LogP contribution is 2.25. The second-order valence-corrected chi connectivity index (χ2v) is 7.19. The Morgan fingerprint density at radius 2 is 2.17 bits per heavy atom. The largest absolute Gasteiger partial charge is 0.303 e. The molecule has 3 aromatic heterocycles. The lowest BCUT2D eigenvalue weighted by atomic mass is 10.0. The maximum absolute atomic E-state index is 12.2. The molecule has 6 heteroatoms. The summed E-state index contributed by atoms with van der Waals surface area (Å²) in [5.41, 5.74) is 1.22. The second kappa shape index (κ2) is 6.83. The van der Waals surface area contributed by atoms with Crippen LogP contribution in [0.5, 0.6) is 0 Å². The van der Waals surface area contributed by atoms with E-state index in [9.17, 15) is 4.79 Å². The third-order valence-electron chi connectivity index (χ3n) is 3.70. The third kappa shape index (κ3) is 3.63. The van der Waals surface area contributed by atoms with Crippen LogP contribution in [-0.2, 0) is 6.54 Å². The number of pyridine rings is 1. The topological polar surface area (TPSA) is 46.4 Å². The highest BCUT2D eigenvalue weighted by Gasteiger charge is 2.16. The monoisotopic (exact) mass is 347 g/mol. The van der Waals surface area contributed by atoms with Gasteiger partial charge in [0, 0.05) is 29.7 Å². The number of hydrogen-bond donors (Lipinski definition) is 1. The zero-order valence-corrected chi connectivity index (χ0v) is 14.6. The summed E-state index contributed by atoms with van der Waals surface area (Å²) in [5.74, 6) is 0.453. The van der Waals surface area contributed by atoms with E-state index in [4.69, 9.17) is 11.6 Å². The highest BCUT2D eigenvalue weighted by molar-refractivity contribution is 7.10. The van der Waals surface area contributed by atoms with Gasteiger partial charge in [-0.3, -0.25) is 9.20 Å². The number of nitrogens with one attached hydrogen (secondary N) is 1. The van der Waals surface area contributed by atoms with Crippen molar-refractivity contribution in [3.8, 4) is 0 Å². The Balaban J connectivity index is 1.84. The van der Waals surface area contributed by atoms with Crippen molar-refractivity contribution in [3.05, 3.63) is 67.9 Å². The third-order valence-corrected chi connectivity index (χ3v) is 4.87. The Labute approximate surface area is 143 Å². The summed E-state index contributed by atoms with van der Waals surface area (Å²) >= 11 is 7.66. The molecule has 1 N–H and O–H groups in total. The molecule has 0 aliphatic heterocycles. The Morgan fingerprint density at radius 3 is 2.87 bits per heavy atom. The molecule has 0 amide bonds.